The number of hydrogen-bond acceptors (Lipinski definition) is 6. The Morgan fingerprint density at radius 3 is 0.676 bits per heavy atom. The smallest absolute Gasteiger partial charge is 0.306 e. The number of carbonyl (C=O) groups is 3. The highest BCUT2D eigenvalue weighted by Crippen LogP contribution is 2.19. The molecule has 0 aromatic rings. The van der Waals surface area contributed by atoms with Crippen LogP contribution in [-0.2, 0) is 28.6 Å². The fourth-order valence-electron chi connectivity index (χ4n) is 10.4. The van der Waals surface area contributed by atoms with E-state index in [0.29, 0.717) is 19.3 Å². The van der Waals surface area contributed by atoms with Gasteiger partial charge in [0.15, 0.2) is 6.10 Å². The van der Waals surface area contributed by atoms with Crippen LogP contribution in [0.15, 0.2) is 12.2 Å². The maximum absolute atomic E-state index is 12.8. The molecule has 0 bridgehead atoms. The molecule has 1 atom stereocenters. The lowest BCUT2D eigenvalue weighted by molar-refractivity contribution is -0.167. The first-order valence-corrected chi connectivity index (χ1v) is 33.7. The van der Waals surface area contributed by atoms with Crippen molar-refractivity contribution in [1.82, 2.24) is 0 Å². The molecule has 0 aliphatic carbocycles. The Morgan fingerprint density at radius 2 is 0.446 bits per heavy atom. The molecule has 0 spiro atoms. The van der Waals surface area contributed by atoms with Gasteiger partial charge in [0.2, 0.25) is 0 Å². The molecule has 0 aromatic heterocycles. The molecule has 74 heavy (non-hydrogen) atoms. The molecule has 0 fully saturated rings. The average Bonchev–Trinajstić information content (AvgIpc) is 3.40. The van der Waals surface area contributed by atoms with E-state index in [9.17, 15) is 14.4 Å². The molecule has 438 valence electrons. The van der Waals surface area contributed by atoms with Crippen LogP contribution in [-0.4, -0.2) is 37.2 Å². The van der Waals surface area contributed by atoms with E-state index in [4.69, 9.17) is 14.2 Å². The third-order valence-corrected chi connectivity index (χ3v) is 15.5. The molecule has 6 heteroatoms. The predicted molar refractivity (Wildman–Crippen MR) is 321 cm³/mol. The first-order valence-electron chi connectivity index (χ1n) is 33.7. The van der Waals surface area contributed by atoms with Crippen molar-refractivity contribution in [2.45, 2.75) is 393 Å². The minimum Gasteiger partial charge on any atom is -0.462 e. The second-order valence-corrected chi connectivity index (χ2v) is 23.1. The average molecular weight is 1040 g/mol. The largest absolute Gasteiger partial charge is 0.462 e. The molecule has 0 N–H and O–H groups in total. The molecule has 6 nitrogen and oxygen atoms in total. The number of hydrogen-bond donors (Lipinski definition) is 0. The Labute approximate surface area is 462 Å². The predicted octanol–water partition coefficient (Wildman–Crippen LogP) is 22.8. The molecule has 0 saturated carbocycles. The summed E-state index contributed by atoms with van der Waals surface area (Å²) in [5.41, 5.74) is 0. The van der Waals surface area contributed by atoms with Gasteiger partial charge in [-0.05, 0) is 44.9 Å². The molecule has 0 amide bonds. The normalized spacial score (nSPS) is 12.0. The van der Waals surface area contributed by atoms with E-state index in [1.165, 1.54) is 289 Å². The zero-order valence-corrected chi connectivity index (χ0v) is 50.4. The van der Waals surface area contributed by atoms with Crippen LogP contribution in [0.3, 0.4) is 0 Å². The Morgan fingerprint density at radius 1 is 0.257 bits per heavy atom. The monoisotopic (exact) mass is 1040 g/mol. The molecule has 0 rings (SSSR count). The van der Waals surface area contributed by atoms with Crippen molar-refractivity contribution in [3.8, 4) is 0 Å². The Kier molecular flexibility index (Phi) is 62.1. The standard InChI is InChI=1S/C68H130O6/c1-4-7-10-13-16-18-20-22-24-26-28-29-30-31-32-33-34-35-36-37-38-39-40-42-43-45-47-49-52-55-58-61-67(70)73-64-65(63-72-66(69)60-57-54-51-15-12-9-6-3)74-68(71)62-59-56-53-50-48-46-44-41-27-25-23-21-19-17-14-11-8-5-2/h26,28,65H,4-25,27,29-64H2,1-3H3/b28-26-. The second kappa shape index (κ2) is 63.7. The van der Waals surface area contributed by atoms with Crippen molar-refractivity contribution < 1.29 is 28.6 Å². The van der Waals surface area contributed by atoms with Crippen LogP contribution in [0.1, 0.15) is 387 Å². The fourth-order valence-corrected chi connectivity index (χ4v) is 10.4. The van der Waals surface area contributed by atoms with E-state index in [2.05, 4.69) is 32.9 Å². The SMILES string of the molecule is CCCCCCCCCC/C=C\CCCCCCCCCCCCCCCCCCCCCC(=O)OCC(COC(=O)CCCCCCCCC)OC(=O)CCCCCCCCCCCCCCCCCCCC. The topological polar surface area (TPSA) is 78.9 Å². The molecule has 0 heterocycles. The first-order chi connectivity index (χ1) is 36.5. The molecule has 0 aliphatic rings. The van der Waals surface area contributed by atoms with Gasteiger partial charge in [0.05, 0.1) is 0 Å². The lowest BCUT2D eigenvalue weighted by Gasteiger charge is -2.18. The van der Waals surface area contributed by atoms with E-state index >= 15 is 0 Å². The number of unbranched alkanes of at least 4 members (excludes halogenated alkanes) is 50. The molecule has 0 aliphatic heterocycles. The molecule has 1 unspecified atom stereocenters. The van der Waals surface area contributed by atoms with Gasteiger partial charge in [-0.15, -0.1) is 0 Å². The van der Waals surface area contributed by atoms with Crippen molar-refractivity contribution in [3.05, 3.63) is 12.2 Å². The van der Waals surface area contributed by atoms with E-state index in [-0.39, 0.29) is 31.1 Å². The minimum absolute atomic E-state index is 0.0630. The quantitative estimate of drug-likeness (QED) is 0.0261. The fraction of sp³-hybridized carbons (Fsp3) is 0.926. The van der Waals surface area contributed by atoms with Crippen molar-refractivity contribution in [2.24, 2.45) is 0 Å². The maximum atomic E-state index is 12.8. The van der Waals surface area contributed by atoms with E-state index in [0.717, 1.165) is 57.8 Å². The van der Waals surface area contributed by atoms with Gasteiger partial charge >= 0.3 is 17.9 Å². The summed E-state index contributed by atoms with van der Waals surface area (Å²) in [6.07, 6.45) is 75.6. The number of rotatable bonds is 63. The molecule has 0 radical (unpaired) electrons. The Bertz CT molecular complexity index is 1150. The Balaban J connectivity index is 3.97. The van der Waals surface area contributed by atoms with E-state index in [1.807, 2.05) is 0 Å². The van der Waals surface area contributed by atoms with E-state index < -0.39 is 6.10 Å². The lowest BCUT2D eigenvalue weighted by Crippen LogP contribution is -2.30. The maximum Gasteiger partial charge on any atom is 0.306 e. The van der Waals surface area contributed by atoms with Crippen LogP contribution < -0.4 is 0 Å². The van der Waals surface area contributed by atoms with Gasteiger partial charge < -0.3 is 14.2 Å². The number of allylic oxidation sites excluding steroid dienone is 2. The summed E-state index contributed by atoms with van der Waals surface area (Å²) in [6.45, 7) is 6.67. The second-order valence-electron chi connectivity index (χ2n) is 23.1. The zero-order chi connectivity index (χ0) is 53.6. The van der Waals surface area contributed by atoms with Gasteiger partial charge in [-0.2, -0.15) is 0 Å². The third-order valence-electron chi connectivity index (χ3n) is 15.5. The van der Waals surface area contributed by atoms with Gasteiger partial charge in [0.25, 0.3) is 0 Å². The van der Waals surface area contributed by atoms with Crippen molar-refractivity contribution >= 4 is 17.9 Å². The van der Waals surface area contributed by atoms with Crippen molar-refractivity contribution in [3.63, 3.8) is 0 Å². The van der Waals surface area contributed by atoms with Crippen LogP contribution in [0.2, 0.25) is 0 Å². The summed E-state index contributed by atoms with van der Waals surface area (Å²) in [6, 6.07) is 0. The third kappa shape index (κ3) is 61.0. The Hall–Kier alpha value is -1.85. The number of esters is 3. The van der Waals surface area contributed by atoms with Gasteiger partial charge in [0, 0.05) is 19.3 Å². The van der Waals surface area contributed by atoms with Crippen LogP contribution >= 0.6 is 0 Å². The van der Waals surface area contributed by atoms with Crippen LogP contribution in [0.5, 0.6) is 0 Å². The van der Waals surface area contributed by atoms with Gasteiger partial charge in [-0.25, -0.2) is 0 Å². The van der Waals surface area contributed by atoms with Crippen LogP contribution in [0, 0.1) is 0 Å². The lowest BCUT2D eigenvalue weighted by atomic mass is 10.0. The van der Waals surface area contributed by atoms with E-state index in [1.54, 1.807) is 0 Å². The molecule has 0 saturated heterocycles. The number of ether oxygens (including phenoxy) is 3. The summed E-state index contributed by atoms with van der Waals surface area (Å²) in [5, 5.41) is 0. The summed E-state index contributed by atoms with van der Waals surface area (Å²) >= 11 is 0. The van der Waals surface area contributed by atoms with Gasteiger partial charge in [-0.1, -0.05) is 335 Å². The zero-order valence-electron chi connectivity index (χ0n) is 50.4. The first kappa shape index (κ1) is 72.2. The highest BCUT2D eigenvalue weighted by atomic mass is 16.6. The summed E-state index contributed by atoms with van der Waals surface area (Å²) in [5.74, 6) is -0.840. The molecular formula is C68H130O6. The van der Waals surface area contributed by atoms with Crippen molar-refractivity contribution in [1.29, 1.82) is 0 Å². The van der Waals surface area contributed by atoms with Crippen LogP contribution in [0.4, 0.5) is 0 Å². The van der Waals surface area contributed by atoms with Crippen LogP contribution in [0.25, 0.3) is 0 Å². The molecular weight excluding hydrogens is 913 g/mol. The van der Waals surface area contributed by atoms with Gasteiger partial charge in [0.1, 0.15) is 13.2 Å². The molecule has 0 aromatic carbocycles. The summed E-state index contributed by atoms with van der Waals surface area (Å²) < 4.78 is 16.9. The highest BCUT2D eigenvalue weighted by Gasteiger charge is 2.19. The number of carbonyl (C=O) groups excluding carboxylic acids is 3. The highest BCUT2D eigenvalue weighted by molar-refractivity contribution is 5.71. The summed E-state index contributed by atoms with van der Waals surface area (Å²) in [4.78, 5) is 38.1. The van der Waals surface area contributed by atoms with Gasteiger partial charge in [-0.3, -0.25) is 14.4 Å². The summed E-state index contributed by atoms with van der Waals surface area (Å²) in [7, 11) is 0. The minimum atomic E-state index is -0.762. The van der Waals surface area contributed by atoms with Crippen molar-refractivity contribution in [2.75, 3.05) is 13.2 Å².